The molecule has 0 aliphatic heterocycles. The predicted octanol–water partition coefficient (Wildman–Crippen LogP) is 2.35. The van der Waals surface area contributed by atoms with Gasteiger partial charge in [0.1, 0.15) is 0 Å². The molecule has 0 bridgehead atoms. The molecule has 0 heterocycles. The van der Waals surface area contributed by atoms with E-state index in [0.29, 0.717) is 12.3 Å². The minimum absolute atomic E-state index is 0.413. The van der Waals surface area contributed by atoms with Crippen molar-refractivity contribution in [2.45, 2.75) is 34.1 Å². The van der Waals surface area contributed by atoms with Gasteiger partial charge in [0.2, 0.25) is 0 Å². The second-order valence-electron chi connectivity index (χ2n) is 3.88. The van der Waals surface area contributed by atoms with Crippen LogP contribution in [0.1, 0.15) is 34.1 Å². The molecule has 0 spiro atoms. The number of carbonyl (C=O) groups excluding carboxylic acids is 1. The maximum Gasteiger partial charge on any atom is 0.291 e. The molecule has 0 radical (unpaired) electrons. The van der Waals surface area contributed by atoms with Gasteiger partial charge in [-0.25, -0.2) is 0 Å². The topological polar surface area (TPSA) is 46.5 Å². The minimum atomic E-state index is -0.587. The Hall–Kier alpha value is -0.730. The smallest absolute Gasteiger partial charge is 0.268 e. The fourth-order valence-corrected chi connectivity index (χ4v) is 1.23. The van der Waals surface area contributed by atoms with Crippen molar-refractivity contribution in [1.29, 1.82) is 0 Å². The van der Waals surface area contributed by atoms with Gasteiger partial charge in [-0.1, -0.05) is 27.7 Å². The van der Waals surface area contributed by atoms with Crippen LogP contribution in [-0.2, 0) is 4.79 Å². The molecule has 0 aromatic heterocycles. The van der Waals surface area contributed by atoms with E-state index in [1.54, 1.807) is 13.8 Å². The molecule has 1 amide bonds. The van der Waals surface area contributed by atoms with Crippen molar-refractivity contribution in [2.24, 2.45) is 16.5 Å². The van der Waals surface area contributed by atoms with Gasteiger partial charge in [0.05, 0.1) is 0 Å². The Balaban J connectivity index is 4.20. The first-order valence-corrected chi connectivity index (χ1v) is 3.78. The molecule has 0 aromatic rings. The van der Waals surface area contributed by atoms with Crippen molar-refractivity contribution in [3.8, 4) is 0 Å². The van der Waals surface area contributed by atoms with Gasteiger partial charge < -0.3 is 0 Å². The van der Waals surface area contributed by atoms with Crippen molar-refractivity contribution < 1.29 is 4.79 Å². The van der Waals surface area contributed by atoms with Crippen molar-refractivity contribution in [2.75, 3.05) is 0 Å². The molecule has 0 unspecified atom stereocenters. The Bertz CT molecular complexity index is 161. The van der Waals surface area contributed by atoms with E-state index in [1.807, 2.05) is 13.8 Å². The molecule has 0 rings (SSSR count). The molecule has 0 N–H and O–H groups in total. The molecule has 11 heavy (non-hydrogen) atoms. The quantitative estimate of drug-likeness (QED) is 0.590. The molecule has 0 saturated heterocycles. The summed E-state index contributed by atoms with van der Waals surface area (Å²) in [6.45, 7) is 7.52. The van der Waals surface area contributed by atoms with E-state index in [0.717, 1.165) is 0 Å². The lowest BCUT2D eigenvalue weighted by Crippen LogP contribution is -2.23. The summed E-state index contributed by atoms with van der Waals surface area (Å²) in [5, 5.41) is 2.42. The first kappa shape index (κ1) is 10.3. The van der Waals surface area contributed by atoms with Gasteiger partial charge in [0, 0.05) is 10.6 Å². The third-order valence-corrected chi connectivity index (χ3v) is 1.58. The van der Waals surface area contributed by atoms with Gasteiger partial charge in [0.15, 0.2) is 0 Å². The standard InChI is InChI=1S/C8H15NO2/c1-6(2)5-8(3,4)7(10)9-11/h6H,5H2,1-4H3. The van der Waals surface area contributed by atoms with Gasteiger partial charge in [-0.2, -0.15) is 0 Å². The molecule has 64 valence electrons. The molecular formula is C8H15NO2. The van der Waals surface area contributed by atoms with E-state index in [1.165, 1.54) is 0 Å². The summed E-state index contributed by atoms with van der Waals surface area (Å²) in [5.41, 5.74) is -0.587. The summed E-state index contributed by atoms with van der Waals surface area (Å²) in [5.74, 6) is -0.137. The normalized spacial score (nSPS) is 11.7. The second-order valence-corrected chi connectivity index (χ2v) is 3.88. The van der Waals surface area contributed by atoms with Crippen LogP contribution in [0, 0.1) is 16.2 Å². The molecule has 0 aliphatic rings. The molecule has 0 atom stereocenters. The first-order valence-electron chi connectivity index (χ1n) is 3.78. The van der Waals surface area contributed by atoms with Gasteiger partial charge in [-0.05, 0) is 12.3 Å². The zero-order valence-electron chi connectivity index (χ0n) is 7.55. The van der Waals surface area contributed by atoms with Gasteiger partial charge in [-0.15, -0.1) is 4.91 Å². The number of amides is 1. The van der Waals surface area contributed by atoms with Crippen LogP contribution in [0.15, 0.2) is 5.18 Å². The summed E-state index contributed by atoms with van der Waals surface area (Å²) in [6, 6.07) is 0. The lowest BCUT2D eigenvalue weighted by Gasteiger charge is -2.20. The van der Waals surface area contributed by atoms with E-state index in [2.05, 4.69) is 5.18 Å². The summed E-state index contributed by atoms with van der Waals surface area (Å²) in [4.78, 5) is 20.8. The van der Waals surface area contributed by atoms with Crippen LogP contribution in [0.5, 0.6) is 0 Å². The number of nitrogens with zero attached hydrogens (tertiary/aromatic N) is 1. The van der Waals surface area contributed by atoms with Crippen LogP contribution < -0.4 is 0 Å². The van der Waals surface area contributed by atoms with E-state index < -0.39 is 11.3 Å². The summed E-state index contributed by atoms with van der Waals surface area (Å²) >= 11 is 0. The van der Waals surface area contributed by atoms with E-state index in [-0.39, 0.29) is 0 Å². The number of rotatable bonds is 3. The van der Waals surface area contributed by atoms with Crippen LogP contribution in [0.3, 0.4) is 0 Å². The molecular weight excluding hydrogens is 142 g/mol. The maximum atomic E-state index is 10.9. The summed E-state index contributed by atoms with van der Waals surface area (Å²) in [6.07, 6.45) is 0.706. The van der Waals surface area contributed by atoms with Crippen molar-refractivity contribution in [3.63, 3.8) is 0 Å². The zero-order valence-corrected chi connectivity index (χ0v) is 7.55. The third kappa shape index (κ3) is 3.25. The highest BCUT2D eigenvalue weighted by Crippen LogP contribution is 2.26. The largest absolute Gasteiger partial charge is 0.291 e. The van der Waals surface area contributed by atoms with E-state index >= 15 is 0 Å². The molecule has 3 nitrogen and oxygen atoms in total. The lowest BCUT2D eigenvalue weighted by atomic mass is 9.83. The van der Waals surface area contributed by atoms with Crippen molar-refractivity contribution in [3.05, 3.63) is 4.91 Å². The average molecular weight is 157 g/mol. The van der Waals surface area contributed by atoms with E-state index in [9.17, 15) is 9.70 Å². The number of carbonyl (C=O) groups is 1. The molecule has 0 aromatic carbocycles. The van der Waals surface area contributed by atoms with Crippen LogP contribution in [0.2, 0.25) is 0 Å². The molecule has 3 heteroatoms. The molecule has 0 fully saturated rings. The highest BCUT2D eigenvalue weighted by molar-refractivity contribution is 5.82. The summed E-state index contributed by atoms with van der Waals surface area (Å²) < 4.78 is 0. The van der Waals surface area contributed by atoms with Crippen LogP contribution in [-0.4, -0.2) is 5.91 Å². The number of hydrogen-bond acceptors (Lipinski definition) is 2. The maximum absolute atomic E-state index is 10.9. The SMILES string of the molecule is CC(C)CC(C)(C)C(=O)N=O. The van der Waals surface area contributed by atoms with Gasteiger partial charge >= 0.3 is 0 Å². The monoisotopic (exact) mass is 157 g/mol. The Morgan fingerprint density at radius 3 is 2.18 bits per heavy atom. The van der Waals surface area contributed by atoms with Gasteiger partial charge in [-0.3, -0.25) is 4.79 Å². The Morgan fingerprint density at radius 2 is 1.91 bits per heavy atom. The van der Waals surface area contributed by atoms with Gasteiger partial charge in [0.25, 0.3) is 5.91 Å². The second kappa shape index (κ2) is 3.60. The highest BCUT2D eigenvalue weighted by atomic mass is 16.3. The first-order chi connectivity index (χ1) is 4.90. The zero-order chi connectivity index (χ0) is 9.07. The lowest BCUT2D eigenvalue weighted by molar-refractivity contribution is -0.126. The minimum Gasteiger partial charge on any atom is -0.268 e. The summed E-state index contributed by atoms with van der Waals surface area (Å²) in [7, 11) is 0. The highest BCUT2D eigenvalue weighted by Gasteiger charge is 2.29. The molecule has 0 saturated carbocycles. The Kier molecular flexibility index (Phi) is 3.36. The van der Waals surface area contributed by atoms with Crippen molar-refractivity contribution in [1.82, 2.24) is 0 Å². The predicted molar refractivity (Wildman–Crippen MR) is 44.0 cm³/mol. The fraction of sp³-hybridized carbons (Fsp3) is 0.875. The average Bonchev–Trinajstić information content (AvgIpc) is 1.83. The third-order valence-electron chi connectivity index (χ3n) is 1.58. The fourth-order valence-electron chi connectivity index (χ4n) is 1.23. The number of nitroso groups, excluding NO2 is 1. The Labute approximate surface area is 67.2 Å². The number of hydrogen-bond donors (Lipinski definition) is 0. The van der Waals surface area contributed by atoms with Crippen LogP contribution in [0.4, 0.5) is 0 Å². The Morgan fingerprint density at radius 1 is 1.45 bits per heavy atom. The molecule has 0 aliphatic carbocycles. The van der Waals surface area contributed by atoms with Crippen LogP contribution in [0.25, 0.3) is 0 Å². The van der Waals surface area contributed by atoms with Crippen molar-refractivity contribution >= 4 is 5.91 Å². The van der Waals surface area contributed by atoms with E-state index in [4.69, 9.17) is 0 Å². The van der Waals surface area contributed by atoms with Crippen LogP contribution >= 0.6 is 0 Å².